The largest absolute Gasteiger partial charge is 0.334 e. The van der Waals surface area contributed by atoms with Gasteiger partial charge in [0.25, 0.3) is 0 Å². The molecule has 1 saturated heterocycles. The van der Waals surface area contributed by atoms with Crippen molar-refractivity contribution in [3.05, 3.63) is 54.4 Å². The van der Waals surface area contributed by atoms with E-state index in [0.29, 0.717) is 30.7 Å². The number of benzene rings is 1. The van der Waals surface area contributed by atoms with E-state index in [0.717, 1.165) is 18.4 Å². The zero-order valence-corrected chi connectivity index (χ0v) is 18.5. The first-order chi connectivity index (χ1) is 15.0. The number of anilines is 1. The number of amides is 2. The second-order valence-corrected chi connectivity index (χ2v) is 10.6. The van der Waals surface area contributed by atoms with Crippen LogP contribution in [0.2, 0.25) is 0 Å². The molecule has 2 amide bonds. The third-order valence-corrected chi connectivity index (χ3v) is 8.54. The number of hydrogen-bond acceptors (Lipinski definition) is 4. The molecule has 1 aliphatic carbocycles. The first-order valence-electron chi connectivity index (χ1n) is 11.0. The molecule has 8 heteroatoms. The summed E-state index contributed by atoms with van der Waals surface area (Å²) in [5.41, 5.74) is 1.80. The van der Waals surface area contributed by atoms with Crippen LogP contribution in [-0.2, 0) is 16.6 Å². The highest BCUT2D eigenvalue weighted by Crippen LogP contribution is 2.45. The van der Waals surface area contributed by atoms with Crippen LogP contribution in [0.4, 0.5) is 10.5 Å². The van der Waals surface area contributed by atoms with Gasteiger partial charge in [0.05, 0.1) is 4.90 Å². The quantitative estimate of drug-likeness (QED) is 0.728. The predicted molar refractivity (Wildman–Crippen MR) is 120 cm³/mol. The highest BCUT2D eigenvalue weighted by Gasteiger charge is 2.38. The second-order valence-electron chi connectivity index (χ2n) is 8.66. The number of sulfonamides is 1. The van der Waals surface area contributed by atoms with Gasteiger partial charge in [-0.1, -0.05) is 25.3 Å². The van der Waals surface area contributed by atoms with Crippen LogP contribution >= 0.6 is 0 Å². The Hall–Kier alpha value is -2.45. The topological polar surface area (TPSA) is 91.4 Å². The molecule has 7 nitrogen and oxygen atoms in total. The lowest BCUT2D eigenvalue weighted by Gasteiger charge is -2.43. The number of pyridine rings is 1. The minimum atomic E-state index is -3.51. The van der Waals surface area contributed by atoms with Gasteiger partial charge in [-0.2, -0.15) is 4.31 Å². The Balaban J connectivity index is 1.32. The van der Waals surface area contributed by atoms with E-state index in [1.807, 2.05) is 12.1 Å². The maximum Gasteiger partial charge on any atom is 0.319 e. The molecular formula is C23H30N4O3S. The van der Waals surface area contributed by atoms with Gasteiger partial charge in [0.15, 0.2) is 0 Å². The van der Waals surface area contributed by atoms with Crippen molar-refractivity contribution in [3.63, 3.8) is 0 Å². The Labute approximate surface area is 184 Å². The van der Waals surface area contributed by atoms with Crippen molar-refractivity contribution in [2.24, 2.45) is 5.41 Å². The molecule has 166 valence electrons. The van der Waals surface area contributed by atoms with E-state index < -0.39 is 10.0 Å². The van der Waals surface area contributed by atoms with Gasteiger partial charge < -0.3 is 10.6 Å². The zero-order chi connectivity index (χ0) is 21.7. The zero-order valence-electron chi connectivity index (χ0n) is 17.7. The average molecular weight is 443 g/mol. The number of rotatable bonds is 5. The summed E-state index contributed by atoms with van der Waals surface area (Å²) < 4.78 is 27.8. The summed E-state index contributed by atoms with van der Waals surface area (Å²) in [6, 6.07) is 9.73. The Morgan fingerprint density at radius 3 is 2.35 bits per heavy atom. The van der Waals surface area contributed by atoms with Gasteiger partial charge in [0.1, 0.15) is 0 Å². The summed E-state index contributed by atoms with van der Waals surface area (Å²) in [6.45, 7) is 1.56. The van der Waals surface area contributed by atoms with E-state index in [1.54, 1.807) is 41.0 Å². The lowest BCUT2D eigenvalue weighted by atomic mass is 9.68. The number of carbonyl (C=O) groups is 1. The molecule has 1 spiro atoms. The normalized spacial score (nSPS) is 19.1. The van der Waals surface area contributed by atoms with E-state index in [2.05, 4.69) is 15.6 Å². The molecule has 2 aromatic rings. The molecule has 0 unspecified atom stereocenters. The fourth-order valence-corrected chi connectivity index (χ4v) is 6.16. The van der Waals surface area contributed by atoms with E-state index in [9.17, 15) is 13.2 Å². The third-order valence-electron chi connectivity index (χ3n) is 6.62. The molecule has 1 aromatic heterocycles. The van der Waals surface area contributed by atoms with Crippen molar-refractivity contribution in [2.45, 2.75) is 56.4 Å². The average Bonchev–Trinajstić information content (AvgIpc) is 2.80. The summed E-state index contributed by atoms with van der Waals surface area (Å²) in [7, 11) is -3.51. The van der Waals surface area contributed by atoms with Gasteiger partial charge in [0.2, 0.25) is 10.0 Å². The van der Waals surface area contributed by atoms with Crippen LogP contribution in [0.25, 0.3) is 0 Å². The fourth-order valence-electron chi connectivity index (χ4n) is 4.72. The Morgan fingerprint density at radius 2 is 1.71 bits per heavy atom. The van der Waals surface area contributed by atoms with Crippen molar-refractivity contribution in [1.82, 2.24) is 14.6 Å². The van der Waals surface area contributed by atoms with Crippen molar-refractivity contribution in [1.29, 1.82) is 0 Å². The second kappa shape index (κ2) is 9.36. The van der Waals surface area contributed by atoms with E-state index in [1.165, 1.54) is 32.1 Å². The lowest BCUT2D eigenvalue weighted by Crippen LogP contribution is -2.43. The molecule has 1 aliphatic heterocycles. The van der Waals surface area contributed by atoms with E-state index in [4.69, 9.17) is 0 Å². The maximum absolute atomic E-state index is 13.1. The number of urea groups is 1. The smallest absolute Gasteiger partial charge is 0.319 e. The minimum absolute atomic E-state index is 0.272. The van der Waals surface area contributed by atoms with Gasteiger partial charge in [-0.3, -0.25) is 4.98 Å². The summed E-state index contributed by atoms with van der Waals surface area (Å²) in [5, 5.41) is 5.49. The molecule has 2 fully saturated rings. The van der Waals surface area contributed by atoms with Gasteiger partial charge in [-0.05, 0) is 67.0 Å². The molecule has 4 rings (SSSR count). The number of aromatic nitrogens is 1. The van der Waals surface area contributed by atoms with Crippen molar-refractivity contribution in [3.8, 4) is 0 Å². The first-order valence-corrected chi connectivity index (χ1v) is 12.4. The van der Waals surface area contributed by atoms with Gasteiger partial charge >= 0.3 is 6.03 Å². The Bertz CT molecular complexity index is 977. The summed E-state index contributed by atoms with van der Waals surface area (Å²) in [4.78, 5) is 16.4. The fraction of sp³-hybridized carbons (Fsp3) is 0.478. The molecule has 31 heavy (non-hydrogen) atoms. The molecular weight excluding hydrogens is 412 g/mol. The van der Waals surface area contributed by atoms with Crippen LogP contribution in [0, 0.1) is 5.41 Å². The highest BCUT2D eigenvalue weighted by atomic mass is 32.2. The number of nitrogens with one attached hydrogen (secondary N) is 2. The standard InChI is InChI=1S/C23H30N4O3S/c28-22(25-18-19-5-4-14-24-17-19)26-20-6-8-21(9-7-20)31(29,30)27-15-12-23(13-16-27)10-2-1-3-11-23/h4-9,14,17H,1-3,10-13,15-16,18H2,(H2,25,26,28). The summed E-state index contributed by atoms with van der Waals surface area (Å²) >= 11 is 0. The lowest BCUT2D eigenvalue weighted by molar-refractivity contribution is 0.102. The van der Waals surface area contributed by atoms with E-state index in [-0.39, 0.29) is 10.9 Å². The van der Waals surface area contributed by atoms with Crippen LogP contribution < -0.4 is 10.6 Å². The van der Waals surface area contributed by atoms with Crippen LogP contribution in [-0.4, -0.2) is 36.8 Å². The third kappa shape index (κ3) is 5.25. The molecule has 0 radical (unpaired) electrons. The molecule has 1 saturated carbocycles. The number of carbonyl (C=O) groups excluding carboxylic acids is 1. The number of hydrogen-bond donors (Lipinski definition) is 2. The maximum atomic E-state index is 13.1. The Morgan fingerprint density at radius 1 is 1.00 bits per heavy atom. The van der Waals surface area contributed by atoms with Crippen LogP contribution in [0.1, 0.15) is 50.5 Å². The predicted octanol–water partition coefficient (Wildman–Crippen LogP) is 4.14. The molecule has 0 bridgehead atoms. The van der Waals surface area contributed by atoms with Crippen molar-refractivity contribution in [2.75, 3.05) is 18.4 Å². The minimum Gasteiger partial charge on any atom is -0.334 e. The molecule has 2 heterocycles. The summed E-state index contributed by atoms with van der Waals surface area (Å²) in [6.07, 6.45) is 11.6. The van der Waals surface area contributed by atoms with E-state index >= 15 is 0 Å². The van der Waals surface area contributed by atoms with Crippen molar-refractivity contribution < 1.29 is 13.2 Å². The Kier molecular flexibility index (Phi) is 6.57. The van der Waals surface area contributed by atoms with Crippen LogP contribution in [0.3, 0.4) is 0 Å². The van der Waals surface area contributed by atoms with Gasteiger partial charge in [0, 0.05) is 37.7 Å². The van der Waals surface area contributed by atoms with Gasteiger partial charge in [-0.25, -0.2) is 13.2 Å². The first kappa shape index (κ1) is 21.8. The summed E-state index contributed by atoms with van der Waals surface area (Å²) in [5.74, 6) is 0. The van der Waals surface area contributed by atoms with Crippen LogP contribution in [0.5, 0.6) is 0 Å². The molecule has 2 N–H and O–H groups in total. The number of nitrogens with zero attached hydrogens (tertiary/aromatic N) is 2. The highest BCUT2D eigenvalue weighted by molar-refractivity contribution is 7.89. The molecule has 2 aliphatic rings. The number of piperidine rings is 1. The van der Waals surface area contributed by atoms with Crippen molar-refractivity contribution >= 4 is 21.7 Å². The molecule has 0 atom stereocenters. The SMILES string of the molecule is O=C(NCc1cccnc1)Nc1ccc(S(=O)(=O)N2CCC3(CCCCC3)CC2)cc1. The van der Waals surface area contributed by atoms with Crippen LogP contribution in [0.15, 0.2) is 53.7 Å². The molecule has 1 aromatic carbocycles. The monoisotopic (exact) mass is 442 g/mol. The van der Waals surface area contributed by atoms with Gasteiger partial charge in [-0.15, -0.1) is 0 Å².